The van der Waals surface area contributed by atoms with E-state index in [1.54, 1.807) is 19.1 Å². The molecule has 1 aliphatic heterocycles. The van der Waals surface area contributed by atoms with Crippen LogP contribution in [-0.2, 0) is 16.0 Å². The molecule has 0 saturated carbocycles. The van der Waals surface area contributed by atoms with Gasteiger partial charge in [-0.25, -0.2) is 14.2 Å². The van der Waals surface area contributed by atoms with Crippen molar-refractivity contribution in [2.24, 2.45) is 16.6 Å². The first-order valence-electron chi connectivity index (χ1n) is 9.75. The van der Waals surface area contributed by atoms with Gasteiger partial charge >= 0.3 is 5.97 Å². The standard InChI is InChI=1S/C23H26FN3O2/c1-4-29-22(28)19-20(16-10-8-15(9-11-16)12-14(2)3)26-23(25)27-21(19)17-6-5-7-18(24)13-17/h5-11,13-14,20H,4,12H2,1-3H3,(H3,25,26,27). The van der Waals surface area contributed by atoms with Gasteiger partial charge in [-0.1, -0.05) is 50.2 Å². The molecule has 1 aliphatic rings. The number of ether oxygens (including phenoxy) is 1. The monoisotopic (exact) mass is 395 g/mol. The van der Waals surface area contributed by atoms with Crippen LogP contribution < -0.4 is 11.1 Å². The fourth-order valence-corrected chi connectivity index (χ4v) is 3.41. The van der Waals surface area contributed by atoms with E-state index in [4.69, 9.17) is 10.5 Å². The number of hydrogen-bond donors (Lipinski definition) is 2. The molecule has 0 amide bonds. The summed E-state index contributed by atoms with van der Waals surface area (Å²) in [6, 6.07) is 13.3. The third kappa shape index (κ3) is 4.83. The number of nitrogens with two attached hydrogens (primary N) is 1. The molecular weight excluding hydrogens is 369 g/mol. The second kappa shape index (κ2) is 8.90. The average Bonchev–Trinajstić information content (AvgIpc) is 2.67. The van der Waals surface area contributed by atoms with Gasteiger partial charge in [-0.2, -0.15) is 0 Å². The van der Waals surface area contributed by atoms with E-state index in [0.717, 1.165) is 12.0 Å². The van der Waals surface area contributed by atoms with Crippen molar-refractivity contribution in [3.05, 3.63) is 76.6 Å². The lowest BCUT2D eigenvalue weighted by Gasteiger charge is -2.26. The maximum atomic E-state index is 13.8. The Kier molecular flexibility index (Phi) is 6.32. The Balaban J connectivity index is 2.09. The molecule has 3 N–H and O–H groups in total. The Labute approximate surface area is 170 Å². The number of benzene rings is 2. The number of hydrogen-bond acceptors (Lipinski definition) is 5. The zero-order chi connectivity index (χ0) is 21.0. The number of nitrogens with one attached hydrogen (secondary N) is 1. The molecule has 0 bridgehead atoms. The highest BCUT2D eigenvalue weighted by Gasteiger charge is 2.32. The molecule has 2 aromatic rings. The van der Waals surface area contributed by atoms with Gasteiger partial charge in [0.2, 0.25) is 0 Å². The van der Waals surface area contributed by atoms with Crippen molar-refractivity contribution in [3.63, 3.8) is 0 Å². The van der Waals surface area contributed by atoms with Crippen LogP contribution in [0.4, 0.5) is 4.39 Å². The summed E-state index contributed by atoms with van der Waals surface area (Å²) < 4.78 is 19.1. The fourth-order valence-electron chi connectivity index (χ4n) is 3.41. The summed E-state index contributed by atoms with van der Waals surface area (Å²) in [6.07, 6.45) is 0.965. The van der Waals surface area contributed by atoms with Crippen molar-refractivity contribution in [3.8, 4) is 0 Å². The van der Waals surface area contributed by atoms with Crippen LogP contribution in [0, 0.1) is 11.7 Å². The van der Waals surface area contributed by atoms with Gasteiger partial charge in [-0.3, -0.25) is 0 Å². The first-order valence-corrected chi connectivity index (χ1v) is 9.75. The first kappa shape index (κ1) is 20.6. The van der Waals surface area contributed by atoms with Crippen LogP contribution in [-0.4, -0.2) is 18.5 Å². The molecule has 5 nitrogen and oxygen atoms in total. The molecule has 0 spiro atoms. The molecule has 29 heavy (non-hydrogen) atoms. The SMILES string of the molecule is CCOC(=O)C1=C(c2cccc(F)c2)NC(N)=NC1c1ccc(CC(C)C)cc1. The molecular formula is C23H26FN3O2. The van der Waals surface area contributed by atoms with Crippen molar-refractivity contribution in [2.75, 3.05) is 6.61 Å². The topological polar surface area (TPSA) is 76.7 Å². The van der Waals surface area contributed by atoms with Gasteiger partial charge in [0, 0.05) is 5.56 Å². The van der Waals surface area contributed by atoms with Crippen LogP contribution in [0.15, 0.2) is 59.1 Å². The Hall–Kier alpha value is -3.15. The van der Waals surface area contributed by atoms with Gasteiger partial charge in [0.25, 0.3) is 0 Å². The third-order valence-electron chi connectivity index (χ3n) is 4.61. The Morgan fingerprint density at radius 2 is 1.97 bits per heavy atom. The molecule has 0 radical (unpaired) electrons. The highest BCUT2D eigenvalue weighted by Crippen LogP contribution is 2.35. The first-order chi connectivity index (χ1) is 13.9. The Morgan fingerprint density at radius 3 is 2.59 bits per heavy atom. The van der Waals surface area contributed by atoms with Gasteiger partial charge in [-0.05, 0) is 42.5 Å². The van der Waals surface area contributed by atoms with Crippen LogP contribution in [0.25, 0.3) is 5.70 Å². The van der Waals surface area contributed by atoms with Crippen LogP contribution in [0.2, 0.25) is 0 Å². The predicted molar refractivity (Wildman–Crippen MR) is 112 cm³/mol. The summed E-state index contributed by atoms with van der Waals surface area (Å²) in [5, 5.41) is 2.93. The van der Waals surface area contributed by atoms with Crippen molar-refractivity contribution >= 4 is 17.6 Å². The lowest BCUT2D eigenvalue weighted by Crippen LogP contribution is -2.37. The van der Waals surface area contributed by atoms with Crippen LogP contribution in [0.1, 0.15) is 43.5 Å². The van der Waals surface area contributed by atoms with E-state index >= 15 is 0 Å². The number of esters is 1. The predicted octanol–water partition coefficient (Wildman–Crippen LogP) is 3.96. The van der Waals surface area contributed by atoms with E-state index in [9.17, 15) is 9.18 Å². The molecule has 1 atom stereocenters. The molecule has 0 aromatic heterocycles. The molecule has 2 aromatic carbocycles. The number of carbonyl (C=O) groups excluding carboxylic acids is 1. The van der Waals surface area contributed by atoms with Crippen molar-refractivity contribution in [1.29, 1.82) is 0 Å². The zero-order valence-electron chi connectivity index (χ0n) is 16.9. The molecule has 152 valence electrons. The minimum Gasteiger partial charge on any atom is -0.463 e. The number of carbonyl (C=O) groups is 1. The summed E-state index contributed by atoms with van der Waals surface area (Å²) in [4.78, 5) is 17.3. The number of rotatable bonds is 6. The Bertz CT molecular complexity index is 949. The molecule has 3 rings (SSSR count). The largest absolute Gasteiger partial charge is 0.463 e. The maximum absolute atomic E-state index is 13.8. The van der Waals surface area contributed by atoms with Crippen molar-refractivity contribution in [1.82, 2.24) is 5.32 Å². The van der Waals surface area contributed by atoms with E-state index in [1.165, 1.54) is 17.7 Å². The minimum absolute atomic E-state index is 0.161. The normalized spacial score (nSPS) is 16.4. The minimum atomic E-state index is -0.637. The van der Waals surface area contributed by atoms with Gasteiger partial charge in [-0.15, -0.1) is 0 Å². The van der Waals surface area contributed by atoms with E-state index in [0.29, 0.717) is 22.8 Å². The van der Waals surface area contributed by atoms with Gasteiger partial charge in [0.05, 0.1) is 17.9 Å². The number of aliphatic imine (C=N–C) groups is 1. The van der Waals surface area contributed by atoms with Gasteiger partial charge in [0.15, 0.2) is 5.96 Å². The highest BCUT2D eigenvalue weighted by atomic mass is 19.1. The number of guanidine groups is 1. The zero-order valence-corrected chi connectivity index (χ0v) is 16.9. The maximum Gasteiger partial charge on any atom is 0.338 e. The van der Waals surface area contributed by atoms with E-state index in [2.05, 4.69) is 24.2 Å². The van der Waals surface area contributed by atoms with E-state index < -0.39 is 17.8 Å². The third-order valence-corrected chi connectivity index (χ3v) is 4.61. The van der Waals surface area contributed by atoms with Crippen molar-refractivity contribution in [2.45, 2.75) is 33.2 Å². The van der Waals surface area contributed by atoms with Gasteiger partial charge < -0.3 is 15.8 Å². The molecule has 1 heterocycles. The van der Waals surface area contributed by atoms with Gasteiger partial charge in [0.1, 0.15) is 11.9 Å². The lowest BCUT2D eigenvalue weighted by atomic mass is 9.92. The summed E-state index contributed by atoms with van der Waals surface area (Å²) in [5.41, 5.74) is 9.27. The second-order valence-electron chi connectivity index (χ2n) is 7.40. The summed E-state index contributed by atoms with van der Waals surface area (Å²) >= 11 is 0. The van der Waals surface area contributed by atoms with Crippen LogP contribution >= 0.6 is 0 Å². The number of nitrogens with zero attached hydrogens (tertiary/aromatic N) is 1. The molecule has 0 fully saturated rings. The van der Waals surface area contributed by atoms with Crippen LogP contribution in [0.5, 0.6) is 0 Å². The van der Waals surface area contributed by atoms with E-state index in [-0.39, 0.29) is 12.6 Å². The molecule has 1 unspecified atom stereocenters. The Morgan fingerprint density at radius 1 is 1.24 bits per heavy atom. The molecule has 6 heteroatoms. The smallest absolute Gasteiger partial charge is 0.338 e. The fraction of sp³-hybridized carbons (Fsp3) is 0.304. The lowest BCUT2D eigenvalue weighted by molar-refractivity contribution is -0.138. The van der Waals surface area contributed by atoms with Crippen molar-refractivity contribution < 1.29 is 13.9 Å². The highest BCUT2D eigenvalue weighted by molar-refractivity contribution is 6.04. The summed E-state index contributed by atoms with van der Waals surface area (Å²) in [5.74, 6) is -0.209. The average molecular weight is 395 g/mol. The number of halogens is 1. The van der Waals surface area contributed by atoms with Crippen LogP contribution in [0.3, 0.4) is 0 Å². The quantitative estimate of drug-likeness (QED) is 0.726. The second-order valence-corrected chi connectivity index (χ2v) is 7.40. The molecule has 0 saturated heterocycles. The summed E-state index contributed by atoms with van der Waals surface area (Å²) in [6.45, 7) is 6.29. The van der Waals surface area contributed by atoms with E-state index in [1.807, 2.05) is 24.3 Å². The molecule has 0 aliphatic carbocycles. The summed E-state index contributed by atoms with van der Waals surface area (Å²) in [7, 11) is 0.